The quantitative estimate of drug-likeness (QED) is 0.563. The summed E-state index contributed by atoms with van der Waals surface area (Å²) in [4.78, 5) is 12.3. The summed E-state index contributed by atoms with van der Waals surface area (Å²) in [5.41, 5.74) is 4.18. The summed E-state index contributed by atoms with van der Waals surface area (Å²) in [6.45, 7) is 0.499. The molecule has 0 aliphatic heterocycles. The molecule has 0 saturated heterocycles. The average molecular weight is 360 g/mol. The van der Waals surface area contributed by atoms with Gasteiger partial charge in [-0.25, -0.2) is 4.39 Å². The highest BCUT2D eigenvalue weighted by Crippen LogP contribution is 2.28. The van der Waals surface area contributed by atoms with Gasteiger partial charge in [0, 0.05) is 35.4 Å². The standard InChI is InChI=1S/C23H21FN2O/c1-26-21-8-3-2-7-19(21)20-10-9-17(14-22(20)26)15-23(27)25-12-11-16-5-4-6-18(24)13-16/h2-10,13-14H,11-12,15H2,1H3,(H,25,27). The molecule has 1 aromatic heterocycles. The van der Waals surface area contributed by atoms with Crippen LogP contribution in [0.4, 0.5) is 4.39 Å². The number of aryl methyl sites for hydroxylation is 1. The number of nitrogens with one attached hydrogen (secondary N) is 1. The maximum atomic E-state index is 13.2. The molecule has 4 rings (SSSR count). The van der Waals surface area contributed by atoms with Crippen molar-refractivity contribution in [2.75, 3.05) is 6.54 Å². The summed E-state index contributed by atoms with van der Waals surface area (Å²) in [6, 6.07) is 21.0. The number of aromatic nitrogens is 1. The van der Waals surface area contributed by atoms with Crippen molar-refractivity contribution in [3.8, 4) is 0 Å². The van der Waals surface area contributed by atoms with Gasteiger partial charge in [-0.2, -0.15) is 0 Å². The van der Waals surface area contributed by atoms with E-state index in [-0.39, 0.29) is 11.7 Å². The van der Waals surface area contributed by atoms with Gasteiger partial charge in [-0.1, -0.05) is 42.5 Å². The van der Waals surface area contributed by atoms with Crippen molar-refractivity contribution < 1.29 is 9.18 Å². The first kappa shape index (κ1) is 17.3. The van der Waals surface area contributed by atoms with Crippen molar-refractivity contribution in [1.82, 2.24) is 9.88 Å². The fourth-order valence-electron chi connectivity index (χ4n) is 3.60. The summed E-state index contributed by atoms with van der Waals surface area (Å²) in [6.07, 6.45) is 0.951. The van der Waals surface area contributed by atoms with Crippen LogP contribution in [-0.2, 0) is 24.7 Å². The van der Waals surface area contributed by atoms with Crippen molar-refractivity contribution in [1.29, 1.82) is 0 Å². The number of carbonyl (C=O) groups is 1. The van der Waals surface area contributed by atoms with E-state index >= 15 is 0 Å². The van der Waals surface area contributed by atoms with Crippen LogP contribution in [0, 0.1) is 5.82 Å². The van der Waals surface area contributed by atoms with Crippen LogP contribution in [0.15, 0.2) is 66.7 Å². The predicted octanol–water partition coefficient (Wildman–Crippen LogP) is 4.37. The number of amides is 1. The van der Waals surface area contributed by atoms with E-state index in [2.05, 4.69) is 34.1 Å². The minimum atomic E-state index is -0.248. The monoisotopic (exact) mass is 360 g/mol. The highest BCUT2D eigenvalue weighted by Gasteiger charge is 2.10. The van der Waals surface area contributed by atoms with Crippen LogP contribution in [0.2, 0.25) is 0 Å². The second-order valence-electron chi connectivity index (χ2n) is 6.83. The molecule has 1 heterocycles. The largest absolute Gasteiger partial charge is 0.355 e. The van der Waals surface area contributed by atoms with Crippen LogP contribution in [0.25, 0.3) is 21.8 Å². The van der Waals surface area contributed by atoms with Gasteiger partial charge < -0.3 is 9.88 Å². The predicted molar refractivity (Wildman–Crippen MR) is 107 cm³/mol. The van der Waals surface area contributed by atoms with E-state index in [1.807, 2.05) is 31.3 Å². The number of fused-ring (bicyclic) bond motifs is 3. The molecule has 27 heavy (non-hydrogen) atoms. The number of hydrogen-bond donors (Lipinski definition) is 1. The van der Waals surface area contributed by atoms with Crippen LogP contribution in [0.5, 0.6) is 0 Å². The lowest BCUT2D eigenvalue weighted by molar-refractivity contribution is -0.120. The first-order valence-corrected chi connectivity index (χ1v) is 9.09. The fraction of sp³-hybridized carbons (Fsp3) is 0.174. The molecule has 0 aliphatic carbocycles. The maximum absolute atomic E-state index is 13.2. The first-order chi connectivity index (χ1) is 13.1. The van der Waals surface area contributed by atoms with Gasteiger partial charge in [0.1, 0.15) is 5.82 Å². The molecule has 1 amide bonds. The van der Waals surface area contributed by atoms with Crippen LogP contribution in [-0.4, -0.2) is 17.0 Å². The zero-order valence-electron chi connectivity index (χ0n) is 15.2. The number of carbonyl (C=O) groups excluding carboxylic acids is 1. The van der Waals surface area contributed by atoms with Crippen molar-refractivity contribution >= 4 is 27.7 Å². The Morgan fingerprint density at radius 1 is 0.926 bits per heavy atom. The van der Waals surface area contributed by atoms with E-state index in [0.29, 0.717) is 19.4 Å². The molecule has 4 heteroatoms. The van der Waals surface area contributed by atoms with Crippen LogP contribution >= 0.6 is 0 Å². The molecular weight excluding hydrogens is 339 g/mol. The second-order valence-corrected chi connectivity index (χ2v) is 6.83. The third kappa shape index (κ3) is 3.56. The topological polar surface area (TPSA) is 34.0 Å². The number of para-hydroxylation sites is 1. The highest BCUT2D eigenvalue weighted by atomic mass is 19.1. The fourth-order valence-corrected chi connectivity index (χ4v) is 3.60. The Morgan fingerprint density at radius 3 is 2.59 bits per heavy atom. The molecule has 0 atom stereocenters. The average Bonchev–Trinajstić information content (AvgIpc) is 2.94. The smallest absolute Gasteiger partial charge is 0.224 e. The van der Waals surface area contributed by atoms with E-state index in [1.165, 1.54) is 28.4 Å². The summed E-state index contributed by atoms with van der Waals surface area (Å²) >= 11 is 0. The molecule has 0 unspecified atom stereocenters. The number of benzene rings is 3. The van der Waals surface area contributed by atoms with E-state index in [0.717, 1.165) is 16.6 Å². The Kier molecular flexibility index (Phi) is 4.63. The molecule has 0 aliphatic rings. The Morgan fingerprint density at radius 2 is 1.74 bits per heavy atom. The molecule has 0 spiro atoms. The lowest BCUT2D eigenvalue weighted by Crippen LogP contribution is -2.27. The Balaban J connectivity index is 1.44. The van der Waals surface area contributed by atoms with E-state index in [1.54, 1.807) is 6.07 Å². The van der Waals surface area contributed by atoms with Gasteiger partial charge in [0.15, 0.2) is 0 Å². The Hall–Kier alpha value is -3.14. The lowest BCUT2D eigenvalue weighted by atomic mass is 10.1. The SMILES string of the molecule is Cn1c2ccccc2c2ccc(CC(=O)NCCc3cccc(F)c3)cc21. The van der Waals surface area contributed by atoms with E-state index in [4.69, 9.17) is 0 Å². The van der Waals surface area contributed by atoms with Crippen molar-refractivity contribution in [2.45, 2.75) is 12.8 Å². The van der Waals surface area contributed by atoms with Gasteiger partial charge in [-0.05, 0) is 41.8 Å². The molecule has 3 nitrogen and oxygen atoms in total. The third-order valence-corrected chi connectivity index (χ3v) is 4.97. The van der Waals surface area contributed by atoms with Gasteiger partial charge in [0.05, 0.1) is 6.42 Å². The second kappa shape index (κ2) is 7.23. The molecule has 0 bridgehead atoms. The molecule has 3 aromatic carbocycles. The summed E-state index contributed by atoms with van der Waals surface area (Å²) < 4.78 is 15.4. The first-order valence-electron chi connectivity index (χ1n) is 9.09. The lowest BCUT2D eigenvalue weighted by Gasteiger charge is -2.07. The molecular formula is C23H21FN2O. The van der Waals surface area contributed by atoms with Crippen molar-refractivity contribution in [2.24, 2.45) is 7.05 Å². The van der Waals surface area contributed by atoms with Crippen LogP contribution in [0.3, 0.4) is 0 Å². The third-order valence-electron chi connectivity index (χ3n) is 4.97. The van der Waals surface area contributed by atoms with Gasteiger partial charge >= 0.3 is 0 Å². The number of hydrogen-bond acceptors (Lipinski definition) is 1. The number of rotatable bonds is 5. The Labute approximate surface area is 157 Å². The summed E-state index contributed by atoms with van der Waals surface area (Å²) in [5.74, 6) is -0.272. The molecule has 4 aromatic rings. The molecule has 1 N–H and O–H groups in total. The van der Waals surface area contributed by atoms with Crippen molar-refractivity contribution in [3.05, 3.63) is 83.7 Å². The van der Waals surface area contributed by atoms with Gasteiger partial charge in [-0.15, -0.1) is 0 Å². The minimum absolute atomic E-state index is 0.0236. The number of nitrogens with zero attached hydrogens (tertiary/aromatic N) is 1. The Bertz CT molecular complexity index is 1130. The molecule has 0 radical (unpaired) electrons. The van der Waals surface area contributed by atoms with Crippen LogP contribution < -0.4 is 5.32 Å². The minimum Gasteiger partial charge on any atom is -0.355 e. The molecule has 0 fully saturated rings. The summed E-state index contributed by atoms with van der Waals surface area (Å²) in [5, 5.41) is 5.34. The van der Waals surface area contributed by atoms with E-state index < -0.39 is 0 Å². The van der Waals surface area contributed by atoms with Gasteiger partial charge in [0.25, 0.3) is 0 Å². The summed E-state index contributed by atoms with van der Waals surface area (Å²) in [7, 11) is 2.05. The zero-order valence-corrected chi connectivity index (χ0v) is 15.2. The number of halogens is 1. The normalized spacial score (nSPS) is 11.2. The zero-order chi connectivity index (χ0) is 18.8. The molecule has 136 valence electrons. The van der Waals surface area contributed by atoms with E-state index in [9.17, 15) is 9.18 Å². The highest BCUT2D eigenvalue weighted by molar-refractivity contribution is 6.08. The molecule has 0 saturated carbocycles. The van der Waals surface area contributed by atoms with Gasteiger partial charge in [0.2, 0.25) is 5.91 Å². The van der Waals surface area contributed by atoms with Gasteiger partial charge in [-0.3, -0.25) is 4.79 Å². The maximum Gasteiger partial charge on any atom is 0.224 e. The van der Waals surface area contributed by atoms with Crippen molar-refractivity contribution in [3.63, 3.8) is 0 Å². The van der Waals surface area contributed by atoms with Crippen LogP contribution in [0.1, 0.15) is 11.1 Å².